The number of anilines is 2. The normalized spacial score (nSPS) is 11.4. The Labute approximate surface area is 156 Å². The zero-order chi connectivity index (χ0) is 20.8. The summed E-state index contributed by atoms with van der Waals surface area (Å²) >= 11 is 0. The molecule has 148 valence electrons. The minimum Gasteiger partial charge on any atom is -0.355 e. The quantitative estimate of drug-likeness (QED) is 0.718. The van der Waals surface area contributed by atoms with E-state index < -0.39 is 27.5 Å². The number of benzene rings is 2. The molecule has 27 heavy (non-hydrogen) atoms. The average molecular weight is 402 g/mol. The van der Waals surface area contributed by atoms with Crippen molar-refractivity contribution < 1.29 is 26.4 Å². The van der Waals surface area contributed by atoms with Crippen LogP contribution in [0.5, 0.6) is 0 Å². The van der Waals surface area contributed by atoms with Crippen LogP contribution in [0, 0.1) is 0 Å². The molecular weight excluding hydrogens is 381 g/mol. The van der Waals surface area contributed by atoms with Crippen molar-refractivity contribution in [3.05, 3.63) is 53.6 Å². The van der Waals surface area contributed by atoms with Crippen molar-refractivity contribution in [1.29, 1.82) is 0 Å². The summed E-state index contributed by atoms with van der Waals surface area (Å²) in [6.45, 7) is 5.24. The minimum atomic E-state index is -4.49. The third-order valence-corrected chi connectivity index (χ3v) is 4.83. The van der Waals surface area contributed by atoms with Crippen molar-refractivity contribution in [2.24, 2.45) is 0 Å². The monoisotopic (exact) mass is 402 g/mol. The summed E-state index contributed by atoms with van der Waals surface area (Å²) < 4.78 is 64.1. The van der Waals surface area contributed by atoms with E-state index in [-0.39, 0.29) is 21.8 Å². The molecule has 0 unspecified atom stereocenters. The molecule has 0 aliphatic rings. The molecule has 5 nitrogen and oxygen atoms in total. The van der Waals surface area contributed by atoms with Gasteiger partial charge < -0.3 is 5.32 Å². The summed E-state index contributed by atoms with van der Waals surface area (Å²) in [7, 11) is -2.51. The second-order valence-corrected chi connectivity index (χ2v) is 7.06. The van der Waals surface area contributed by atoms with Gasteiger partial charge >= 0.3 is 6.18 Å². The van der Waals surface area contributed by atoms with Crippen LogP contribution in [0.2, 0.25) is 0 Å². The summed E-state index contributed by atoms with van der Waals surface area (Å²) in [6.07, 6.45) is -4.49. The Hall–Kier alpha value is -2.39. The first-order valence-electron chi connectivity index (χ1n) is 8.07. The third kappa shape index (κ3) is 5.80. The summed E-state index contributed by atoms with van der Waals surface area (Å²) in [5.74, 6) is -0.428. The topological polar surface area (TPSA) is 75.3 Å². The maximum atomic E-state index is 12.8. The molecule has 0 aliphatic carbocycles. The molecule has 0 heterocycles. The van der Waals surface area contributed by atoms with Gasteiger partial charge in [0.15, 0.2) is 5.78 Å². The second kappa shape index (κ2) is 9.01. The molecule has 0 atom stereocenters. The van der Waals surface area contributed by atoms with Crippen molar-refractivity contribution in [3.63, 3.8) is 0 Å². The number of ketones is 1. The fraction of sp³-hybridized carbons (Fsp3) is 0.278. The fourth-order valence-corrected chi connectivity index (χ4v) is 2.89. The molecule has 2 aromatic carbocycles. The van der Waals surface area contributed by atoms with Crippen LogP contribution in [-0.2, 0) is 16.2 Å². The minimum absolute atomic E-state index is 0.0498. The fourth-order valence-electron chi connectivity index (χ4n) is 2.14. The van der Waals surface area contributed by atoms with Crippen molar-refractivity contribution >= 4 is 27.2 Å². The van der Waals surface area contributed by atoms with Gasteiger partial charge in [0.2, 0.25) is 10.0 Å². The molecule has 0 aliphatic heterocycles. The van der Waals surface area contributed by atoms with Crippen LogP contribution in [0.4, 0.5) is 24.5 Å². The molecule has 2 aromatic rings. The summed E-state index contributed by atoms with van der Waals surface area (Å²) in [6, 6.07) is 8.25. The van der Waals surface area contributed by atoms with Crippen LogP contribution in [0.1, 0.15) is 36.7 Å². The molecule has 0 radical (unpaired) electrons. The Morgan fingerprint density at radius 1 is 1.04 bits per heavy atom. The lowest BCUT2D eigenvalue weighted by molar-refractivity contribution is -0.137. The maximum Gasteiger partial charge on any atom is 0.416 e. The van der Waals surface area contributed by atoms with Gasteiger partial charge in [-0.05, 0) is 50.4 Å². The van der Waals surface area contributed by atoms with E-state index in [0.717, 1.165) is 12.1 Å². The van der Waals surface area contributed by atoms with Crippen LogP contribution < -0.4 is 10.0 Å². The number of Topliss-reactive ketones (excluding diaryl/α,β-unsaturated/α-hetero) is 1. The highest BCUT2D eigenvalue weighted by Gasteiger charge is 2.30. The number of carbonyl (C=O) groups is 1. The van der Waals surface area contributed by atoms with Gasteiger partial charge in [0.25, 0.3) is 0 Å². The molecule has 2 N–H and O–H groups in total. The molecule has 2 rings (SSSR count). The summed E-state index contributed by atoms with van der Waals surface area (Å²) in [4.78, 5) is 11.7. The predicted molar refractivity (Wildman–Crippen MR) is 98.8 cm³/mol. The lowest BCUT2D eigenvalue weighted by Gasteiger charge is -2.14. The zero-order valence-corrected chi connectivity index (χ0v) is 16.1. The van der Waals surface area contributed by atoms with Gasteiger partial charge in [-0.15, -0.1) is 0 Å². The first kappa shape index (κ1) is 22.7. The largest absolute Gasteiger partial charge is 0.416 e. The van der Waals surface area contributed by atoms with E-state index in [4.69, 9.17) is 0 Å². The predicted octanol–water partition coefficient (Wildman–Crippen LogP) is 4.59. The van der Waals surface area contributed by atoms with Crippen LogP contribution in [-0.4, -0.2) is 21.2 Å². The zero-order valence-electron chi connectivity index (χ0n) is 15.3. The van der Waals surface area contributed by atoms with Crippen molar-refractivity contribution in [2.45, 2.75) is 31.8 Å². The molecule has 9 heteroatoms. The second-order valence-electron chi connectivity index (χ2n) is 5.17. The number of carbonyl (C=O) groups excluding carboxylic acids is 1. The molecular formula is C18H21F3N2O3S. The van der Waals surface area contributed by atoms with Gasteiger partial charge in [0, 0.05) is 16.9 Å². The Bertz CT molecular complexity index is 910. The van der Waals surface area contributed by atoms with Crippen LogP contribution in [0.3, 0.4) is 0 Å². The Morgan fingerprint density at radius 3 is 2.19 bits per heavy atom. The lowest BCUT2D eigenvalue weighted by atomic mass is 10.1. The maximum absolute atomic E-state index is 12.8. The Balaban J connectivity index is 0.00000176. The van der Waals surface area contributed by atoms with Crippen molar-refractivity contribution in [2.75, 3.05) is 12.4 Å². The molecule has 0 amide bonds. The molecule has 0 spiro atoms. The van der Waals surface area contributed by atoms with Crippen LogP contribution in [0.25, 0.3) is 0 Å². The Kier molecular flexibility index (Phi) is 7.55. The number of hydrogen-bond donors (Lipinski definition) is 2. The highest BCUT2D eigenvalue weighted by Crippen LogP contribution is 2.32. The number of alkyl halides is 3. The van der Waals surface area contributed by atoms with Gasteiger partial charge in [-0.2, -0.15) is 13.2 Å². The summed E-state index contributed by atoms with van der Waals surface area (Å²) in [5, 5.41) is 2.73. The first-order valence-corrected chi connectivity index (χ1v) is 9.56. The van der Waals surface area contributed by atoms with E-state index >= 15 is 0 Å². The molecule has 0 aromatic heterocycles. The number of hydrogen-bond acceptors (Lipinski definition) is 4. The standard InChI is InChI=1S/C16H15F3N2O3S.C2H6/c1-10(22)14-9-13(25(23,24)20-2)6-7-15(14)21-12-5-3-4-11(8-12)16(17,18)19;1-2/h3-9,20-21H,1-2H3;1-2H3. The molecule has 0 fully saturated rings. The smallest absolute Gasteiger partial charge is 0.355 e. The van der Waals surface area contributed by atoms with E-state index in [1.165, 1.54) is 44.3 Å². The number of nitrogens with one attached hydrogen (secondary N) is 2. The molecule has 0 bridgehead atoms. The van der Waals surface area contributed by atoms with Gasteiger partial charge in [0.1, 0.15) is 0 Å². The van der Waals surface area contributed by atoms with E-state index in [1.807, 2.05) is 13.8 Å². The van der Waals surface area contributed by atoms with Gasteiger partial charge in [-0.1, -0.05) is 19.9 Å². The van der Waals surface area contributed by atoms with E-state index in [0.29, 0.717) is 0 Å². The first-order chi connectivity index (χ1) is 12.5. The summed E-state index contributed by atoms with van der Waals surface area (Å²) in [5.41, 5.74) is -0.451. The van der Waals surface area contributed by atoms with Gasteiger partial charge in [-0.3, -0.25) is 4.79 Å². The Morgan fingerprint density at radius 2 is 1.67 bits per heavy atom. The van der Waals surface area contributed by atoms with Crippen LogP contribution >= 0.6 is 0 Å². The number of sulfonamides is 1. The van der Waals surface area contributed by atoms with E-state index in [1.54, 1.807) is 0 Å². The van der Waals surface area contributed by atoms with E-state index in [9.17, 15) is 26.4 Å². The van der Waals surface area contributed by atoms with Crippen molar-refractivity contribution in [1.82, 2.24) is 4.72 Å². The van der Waals surface area contributed by atoms with Crippen molar-refractivity contribution in [3.8, 4) is 0 Å². The average Bonchev–Trinajstić information content (AvgIpc) is 2.63. The van der Waals surface area contributed by atoms with E-state index in [2.05, 4.69) is 10.0 Å². The highest BCUT2D eigenvalue weighted by molar-refractivity contribution is 7.89. The number of rotatable bonds is 5. The molecule has 0 saturated carbocycles. The number of halogens is 3. The highest BCUT2D eigenvalue weighted by atomic mass is 32.2. The van der Waals surface area contributed by atoms with Gasteiger partial charge in [-0.25, -0.2) is 13.1 Å². The van der Waals surface area contributed by atoms with Gasteiger partial charge in [0.05, 0.1) is 10.5 Å². The SMILES string of the molecule is CC.CNS(=O)(=O)c1ccc(Nc2cccc(C(F)(F)F)c2)c(C(C)=O)c1. The third-order valence-electron chi connectivity index (χ3n) is 3.42. The molecule has 0 saturated heterocycles. The van der Waals surface area contributed by atoms with Crippen LogP contribution in [0.15, 0.2) is 47.4 Å². The lowest BCUT2D eigenvalue weighted by Crippen LogP contribution is -2.19.